The maximum atomic E-state index is 4.93. The van der Waals surface area contributed by atoms with E-state index in [0.29, 0.717) is 0 Å². The van der Waals surface area contributed by atoms with E-state index in [2.05, 4.69) is 251 Å². The summed E-state index contributed by atoms with van der Waals surface area (Å²) in [5.74, 6) is 0. The van der Waals surface area contributed by atoms with Crippen molar-refractivity contribution in [2.75, 3.05) is 0 Å². The molecule has 0 amide bonds. The van der Waals surface area contributed by atoms with Crippen LogP contribution in [0.2, 0.25) is 91.7 Å². The van der Waals surface area contributed by atoms with Gasteiger partial charge in [-0.05, 0) is 35.1 Å². The number of halogens is 2. The predicted molar refractivity (Wildman–Crippen MR) is 330 cm³/mol. The summed E-state index contributed by atoms with van der Waals surface area (Å²) in [6.45, 7) is 38.6. The fourth-order valence-electron chi connectivity index (χ4n) is 9.16. The molecule has 2 radical (unpaired) electrons. The van der Waals surface area contributed by atoms with E-state index in [1.807, 2.05) is 0 Å². The van der Waals surface area contributed by atoms with Gasteiger partial charge in [0.25, 0.3) is 0 Å². The first-order valence-electron chi connectivity index (χ1n) is 25.4. The normalized spacial score (nSPS) is 11.8. The Balaban J connectivity index is 0.000000235. The van der Waals surface area contributed by atoms with Gasteiger partial charge in [0.2, 0.25) is 0 Å². The third kappa shape index (κ3) is 15.1. The van der Waals surface area contributed by atoms with Crippen LogP contribution < -0.4 is 20.7 Å². The molecule has 8 heteroatoms. The minimum absolute atomic E-state index is 0.826. The van der Waals surface area contributed by atoms with Crippen molar-refractivity contribution in [2.45, 2.75) is 131 Å². The zero-order chi connectivity index (χ0) is 51.6. The number of benzene rings is 6. The summed E-state index contributed by atoms with van der Waals surface area (Å²) >= 11 is -0.826. The first-order valence-corrected chi connectivity index (χ1v) is 47.7. The molecule has 0 aliphatic heterocycles. The van der Waals surface area contributed by atoms with E-state index in [4.69, 9.17) is 17.0 Å². The standard InChI is InChI=1S/2C30H37Si2.C2H6Si.2ClH.Zr/c2*1-8-12-23-15-16-24-17-25(22-13-10-9-11-14-22)20-29(24)30(23)26-18-27(31(2,3)4)21-28(19-26)32(5,6)7;1-3-2;;;/h2*9-11,13-21H,8,12H2,1-7H3;1-2H3;2*1H;/q2*-1;;;;+4/p-2. The molecule has 366 valence electrons. The Bertz CT molecular complexity index is 2660. The molecule has 8 rings (SSSR count). The second-order valence-electron chi connectivity index (χ2n) is 23.1. The monoisotopic (exact) mass is 1120 g/mol. The van der Waals surface area contributed by atoms with Gasteiger partial charge < -0.3 is 0 Å². The van der Waals surface area contributed by atoms with Gasteiger partial charge in [-0.1, -0.05) is 271 Å². The molecular formula is C62H80Cl2Si5Zr. The number of fused-ring (bicyclic) bond motifs is 2. The summed E-state index contributed by atoms with van der Waals surface area (Å²) in [4.78, 5) is 0. The van der Waals surface area contributed by atoms with Gasteiger partial charge in [-0.2, -0.15) is 0 Å². The Morgan fingerprint density at radius 1 is 0.414 bits per heavy atom. The Morgan fingerprint density at radius 2 is 0.700 bits per heavy atom. The zero-order valence-corrected chi connectivity index (χ0v) is 54.4. The Kier molecular flexibility index (Phi) is 21.0. The third-order valence-corrected chi connectivity index (χ3v) is 21.2. The molecule has 0 saturated heterocycles. The van der Waals surface area contributed by atoms with Crippen LogP contribution in [0.4, 0.5) is 0 Å². The molecular weight excluding hydrogens is 1050 g/mol. The summed E-state index contributed by atoms with van der Waals surface area (Å²) in [5, 5.41) is 11.9. The van der Waals surface area contributed by atoms with Crippen LogP contribution >= 0.6 is 17.0 Å². The minimum atomic E-state index is -1.44. The fourth-order valence-corrected chi connectivity index (χ4v) is 14.2. The molecule has 0 spiro atoms. The number of aryl methyl sites for hydroxylation is 2. The molecule has 70 heavy (non-hydrogen) atoms. The molecule has 0 atom stereocenters. The number of hydrogen-bond acceptors (Lipinski definition) is 0. The van der Waals surface area contributed by atoms with Crippen LogP contribution in [0.15, 0.2) is 146 Å². The Labute approximate surface area is 450 Å². The summed E-state index contributed by atoms with van der Waals surface area (Å²) in [6.07, 6.45) is 4.58. The van der Waals surface area contributed by atoms with Crippen molar-refractivity contribution in [1.29, 1.82) is 0 Å². The van der Waals surface area contributed by atoms with E-state index < -0.39 is 53.1 Å². The van der Waals surface area contributed by atoms with Gasteiger partial charge in [0, 0.05) is 9.52 Å². The van der Waals surface area contributed by atoms with Crippen LogP contribution in [0, 0.1) is 0 Å². The number of hydrogen-bond donors (Lipinski definition) is 0. The SMILES string of the molecule is CCCc1ccc2[cH-]c(-c3ccccc3)cc2c1-c1cc([Si](C)(C)C)cc([Si](C)(C)C)c1.CCCc1ccc2[cH-]c(-c3ccccc3)cc2c1-c1cc([Si](C)(C)C)cc([Si](C)(C)C)c1.C[Si]C.[Cl][Zr+2][Cl]. The first-order chi connectivity index (χ1) is 33.0. The third-order valence-electron chi connectivity index (χ3n) is 13.1. The van der Waals surface area contributed by atoms with Crippen molar-refractivity contribution in [3.8, 4) is 44.5 Å². The Morgan fingerprint density at radius 3 is 0.957 bits per heavy atom. The molecule has 0 aromatic heterocycles. The van der Waals surface area contributed by atoms with Gasteiger partial charge in [0.1, 0.15) is 0 Å². The van der Waals surface area contributed by atoms with Crippen LogP contribution in [0.3, 0.4) is 0 Å². The number of rotatable bonds is 12. The topological polar surface area (TPSA) is 0 Å². The summed E-state index contributed by atoms with van der Waals surface area (Å²) in [5.41, 5.74) is 14.0. The van der Waals surface area contributed by atoms with Crippen molar-refractivity contribution >= 4 is 101 Å². The van der Waals surface area contributed by atoms with Gasteiger partial charge in [-0.25, -0.2) is 0 Å². The van der Waals surface area contributed by atoms with Gasteiger partial charge in [0.15, 0.2) is 0 Å². The van der Waals surface area contributed by atoms with Crippen LogP contribution in [0.1, 0.15) is 37.8 Å². The molecule has 8 aromatic carbocycles. The second-order valence-corrected chi connectivity index (χ2v) is 48.1. The summed E-state index contributed by atoms with van der Waals surface area (Å²) in [7, 11) is 5.21. The van der Waals surface area contributed by atoms with Crippen LogP contribution in [0.25, 0.3) is 66.1 Å². The van der Waals surface area contributed by atoms with E-state index in [1.165, 1.54) is 90.0 Å². The van der Waals surface area contributed by atoms with Crippen molar-refractivity contribution in [1.82, 2.24) is 0 Å². The van der Waals surface area contributed by atoms with Crippen LogP contribution in [-0.2, 0) is 33.7 Å². The quantitative estimate of drug-likeness (QED) is 0.0845. The van der Waals surface area contributed by atoms with Crippen molar-refractivity contribution in [3.63, 3.8) is 0 Å². The van der Waals surface area contributed by atoms with E-state index >= 15 is 0 Å². The molecule has 0 heterocycles. The van der Waals surface area contributed by atoms with Gasteiger partial charge in [-0.3, -0.25) is 0 Å². The van der Waals surface area contributed by atoms with Gasteiger partial charge >= 0.3 is 37.9 Å². The molecule has 0 unspecified atom stereocenters. The maximum absolute atomic E-state index is 4.93. The molecule has 0 aliphatic carbocycles. The molecule has 0 fully saturated rings. The van der Waals surface area contributed by atoms with Gasteiger partial charge in [-0.15, -0.1) is 69.1 Å². The van der Waals surface area contributed by atoms with Crippen LogP contribution in [-0.4, -0.2) is 41.8 Å². The average molecular weight is 1130 g/mol. The van der Waals surface area contributed by atoms with E-state index in [9.17, 15) is 0 Å². The van der Waals surface area contributed by atoms with Crippen molar-refractivity contribution in [3.05, 3.63) is 157 Å². The van der Waals surface area contributed by atoms with E-state index in [1.54, 1.807) is 20.7 Å². The van der Waals surface area contributed by atoms with Crippen molar-refractivity contribution in [2.24, 2.45) is 0 Å². The summed E-state index contributed by atoms with van der Waals surface area (Å²) in [6, 6.07) is 55.8. The van der Waals surface area contributed by atoms with Crippen molar-refractivity contribution < 1.29 is 20.8 Å². The zero-order valence-electron chi connectivity index (χ0n) is 45.4. The van der Waals surface area contributed by atoms with E-state index in [-0.39, 0.29) is 0 Å². The Hall–Kier alpha value is -2.91. The molecule has 0 bridgehead atoms. The first kappa shape index (κ1) is 58.0. The van der Waals surface area contributed by atoms with E-state index in [0.717, 1.165) is 22.4 Å². The molecule has 0 saturated carbocycles. The van der Waals surface area contributed by atoms with Gasteiger partial charge in [0.05, 0.1) is 32.3 Å². The summed E-state index contributed by atoms with van der Waals surface area (Å²) < 4.78 is 0. The average Bonchev–Trinajstić information content (AvgIpc) is 3.95. The second kappa shape index (κ2) is 25.4. The predicted octanol–water partition coefficient (Wildman–Crippen LogP) is 18.0. The van der Waals surface area contributed by atoms with Crippen LogP contribution in [0.5, 0.6) is 0 Å². The molecule has 8 aromatic rings. The molecule has 0 nitrogen and oxygen atoms in total. The molecule has 0 aliphatic rings. The fraction of sp³-hybridized carbons (Fsp3) is 0.323. The molecule has 0 N–H and O–H groups in total.